The number of carbonyl (C=O) groups is 2. The summed E-state index contributed by atoms with van der Waals surface area (Å²) < 4.78 is 8.06. The Morgan fingerprint density at radius 1 is 0.351 bits per heavy atom. The van der Waals surface area contributed by atoms with Gasteiger partial charge in [-0.3, -0.25) is 4.79 Å². The van der Waals surface area contributed by atoms with E-state index >= 15 is 0 Å². The van der Waals surface area contributed by atoms with Crippen LogP contribution in [0.3, 0.4) is 0 Å². The number of rotatable bonds is 66. The Morgan fingerprint density at radius 3 is 0.904 bits per heavy atom. The van der Waals surface area contributed by atoms with Gasteiger partial charge in [0.2, 0.25) is 16.3 Å². The predicted octanol–water partition coefficient (Wildman–Crippen LogP) is 27.0. The van der Waals surface area contributed by atoms with Crippen molar-refractivity contribution in [2.75, 3.05) is 6.61 Å². The molecule has 114 heavy (non-hydrogen) atoms. The maximum atomic E-state index is 10.4. The number of hydrogen-bond donors (Lipinski definition) is 7. The zero-order valence-electron chi connectivity index (χ0n) is 74.4. The topological polar surface area (TPSA) is 193 Å². The molecule has 0 bridgehead atoms. The van der Waals surface area contributed by atoms with Gasteiger partial charge >= 0.3 is 30.3 Å². The van der Waals surface area contributed by atoms with Crippen molar-refractivity contribution in [2.45, 2.75) is 445 Å². The van der Waals surface area contributed by atoms with Crippen molar-refractivity contribution in [3.63, 3.8) is 0 Å². The van der Waals surface area contributed by atoms with Crippen molar-refractivity contribution in [2.24, 2.45) is 59.2 Å². The van der Waals surface area contributed by atoms with Gasteiger partial charge in [-0.05, 0) is 219 Å². The molecule has 5 aliphatic rings. The molecule has 12 heteroatoms. The van der Waals surface area contributed by atoms with Crippen molar-refractivity contribution in [3.8, 4) is 11.8 Å². The normalized spacial score (nSPS) is 21.6. The third-order valence-corrected chi connectivity index (χ3v) is 23.1. The van der Waals surface area contributed by atoms with Gasteiger partial charge in [0.25, 0.3) is 0 Å². The second-order valence-corrected chi connectivity index (χ2v) is 33.5. The second kappa shape index (κ2) is 88.0. The summed E-state index contributed by atoms with van der Waals surface area (Å²) in [5.41, 5.74) is 0. The summed E-state index contributed by atoms with van der Waals surface area (Å²) in [5.74, 6) is 16.9. The van der Waals surface area contributed by atoms with E-state index in [1.54, 1.807) is 21.0 Å². The number of carbonyl (C=O) groups excluding carboxylic acids is 1. The molecule has 0 spiro atoms. The Morgan fingerprint density at radius 2 is 0.614 bits per heavy atom. The number of carboxylic acid groups (broad SMARTS) is 1. The average molecular weight is 1700 g/mol. The van der Waals surface area contributed by atoms with Crippen LogP contribution >= 0.6 is 0 Å². The first-order valence-corrected chi connectivity index (χ1v) is 50.1. The Labute approximate surface area is 725 Å². The number of aliphatic hydroxyl groups is 6. The molecule has 665 valence electrons. The summed E-state index contributed by atoms with van der Waals surface area (Å²) in [6.07, 6.45) is 101. The Kier molecular flexibility index (Phi) is 89.0. The molecule has 5 rings (SSSR count). The number of aliphatic carboxylic acids is 1. The molecule has 0 radical (unpaired) electrons. The molecular weight excluding hydrogens is 1520 g/mol. The third kappa shape index (κ3) is 80.3. The summed E-state index contributed by atoms with van der Waals surface area (Å²) in [6.45, 7) is 15.8. The van der Waals surface area contributed by atoms with Crippen molar-refractivity contribution in [3.05, 3.63) is 109 Å². The van der Waals surface area contributed by atoms with Gasteiger partial charge in [-0.25, -0.2) is 0 Å². The standard InChI is InChI=1S/C20H34O3.C20H36O2.C20H34O2.C20H36O.C20H34O.CH4.CH3.Ag.Al.O.2H/c1-2-3-6-13-19(21)14-8-5-4-7-11-17-16-18(17)12-9-10-15-20(22)23;2*1-2-3-7-14-20(22)15-10-5-4-8-12-18-17-19(18)13-9-6-11-16-21;2*1-3-5-9-13-18-17-19(18)14-11-7-8-12-16-20(21)15-10-6-4-2;;;;;;;/h4-5,8,14,17-19,21H,2-3,6-7,9-13,15-16H2,1H3,(H,22,23);4-5,10,15,18-22H,2-3,6-9,11-14,16-17H2,1H3;4-5,10,15-16,18-20,22H,2-3,6-9,11-14,17H2,1H3;7-8,12,16,18-21H,3-6,9-11,13-15,17H2,1-2H3;7-8,18-21H,3-6,9-11,13-15,17H2,1-2H3;1H4;1H3;;;;;/b5-4-,14-8+;2*5-4-,15-10+;8-7-,16-12+;8-7-;;;;;;;/t17-,18+,19+;2*18-,19+,20?;18-,19+,20+;18-,19+,20?;;;;;;;/m00011......./s1. The van der Waals surface area contributed by atoms with Crippen molar-refractivity contribution < 1.29 is 69.6 Å². The van der Waals surface area contributed by atoms with Crippen LogP contribution in [-0.2, 0) is 33.9 Å². The molecule has 0 heterocycles. The molecule has 0 amide bonds. The fraction of sp³-hybridized carbons (Fsp3) is 0.784. The van der Waals surface area contributed by atoms with Gasteiger partial charge in [0.15, 0.2) is 0 Å². The van der Waals surface area contributed by atoms with Crippen LogP contribution in [0.2, 0.25) is 5.79 Å². The number of aldehydes is 1. The number of hydrogen-bond acceptors (Lipinski definition) is 9. The molecule has 0 aromatic heterocycles. The van der Waals surface area contributed by atoms with E-state index in [4.69, 9.17) is 13.5 Å². The predicted molar refractivity (Wildman–Crippen MR) is 491 cm³/mol. The van der Waals surface area contributed by atoms with Crippen LogP contribution in [0.4, 0.5) is 0 Å². The third-order valence-electron chi connectivity index (χ3n) is 23.1. The van der Waals surface area contributed by atoms with Gasteiger partial charge < -0.3 is 40.5 Å². The number of aliphatic hydroxyl groups excluding tert-OH is 6. The molecule has 0 aliphatic heterocycles. The molecular formula is C102H183AgAlO10. The SMILES string of the molecule is C.CCCCCC(O)/C=C/C=C\CC[C@H]1C[C@H]1CCCCC=O.CCCCCC(O)/C=C/C=C\CC[C@H]1C[C@H]1CCCCCO.CCCCCC(O)C#C/C=C\CC[C@H]1C[C@H]1CCCCC.CCCCC[C@@H](O)/C=C/C=C\CC[C@H]1C[C@H]1CCCCC(=O)O.CCCCC[C@@H]1C[C@@H]1CC/C=C\C=C\[C@@H](O)CCCCC.[CH3][AlH2].[O]=[Ag]. The Balaban J connectivity index is -0.00000133. The van der Waals surface area contributed by atoms with E-state index in [0.717, 1.165) is 187 Å². The quantitative estimate of drug-likeness (QED) is 0.0101. The van der Waals surface area contributed by atoms with E-state index in [1.807, 2.05) is 60.8 Å². The van der Waals surface area contributed by atoms with Crippen LogP contribution in [0.1, 0.15) is 409 Å². The van der Waals surface area contributed by atoms with Crippen molar-refractivity contribution >= 4 is 28.5 Å². The molecule has 5 fully saturated rings. The van der Waals surface area contributed by atoms with Crippen LogP contribution in [0.25, 0.3) is 0 Å². The van der Waals surface area contributed by atoms with Gasteiger partial charge in [-0.15, -0.1) is 5.79 Å². The van der Waals surface area contributed by atoms with E-state index < -0.39 is 12.1 Å². The molecule has 7 N–H and O–H groups in total. The first kappa shape index (κ1) is 115. The number of allylic oxidation sites excluding steroid dienone is 14. The number of carboxylic acids is 1. The molecule has 0 aromatic rings. The Hall–Kier alpha value is -2.81. The minimum atomic E-state index is -0.675. The van der Waals surface area contributed by atoms with E-state index in [2.05, 4.69) is 115 Å². The molecule has 10 nitrogen and oxygen atoms in total. The van der Waals surface area contributed by atoms with Crippen LogP contribution in [-0.4, -0.2) is 101 Å². The van der Waals surface area contributed by atoms with Crippen LogP contribution in [0, 0.1) is 71.0 Å². The van der Waals surface area contributed by atoms with E-state index in [9.17, 15) is 35.1 Å². The summed E-state index contributed by atoms with van der Waals surface area (Å²) in [5, 5.41) is 66.0. The maximum absolute atomic E-state index is 10.4. The van der Waals surface area contributed by atoms with Crippen molar-refractivity contribution in [1.82, 2.24) is 0 Å². The summed E-state index contributed by atoms with van der Waals surface area (Å²) >= 11 is 3.01. The fourth-order valence-electron chi connectivity index (χ4n) is 15.2. The van der Waals surface area contributed by atoms with E-state index in [-0.39, 0.29) is 31.8 Å². The molecule has 0 saturated heterocycles. The molecule has 5 saturated carbocycles. The second-order valence-electron chi connectivity index (χ2n) is 33.5. The zero-order chi connectivity index (χ0) is 83.7. The van der Waals surface area contributed by atoms with Gasteiger partial charge in [0, 0.05) is 19.4 Å². The van der Waals surface area contributed by atoms with Crippen molar-refractivity contribution in [1.29, 1.82) is 0 Å². The molecule has 15 atom stereocenters. The summed E-state index contributed by atoms with van der Waals surface area (Å²) in [7, 11) is 0. The molecule has 5 aliphatic carbocycles. The molecule has 3 unspecified atom stereocenters. The monoisotopic (exact) mass is 1700 g/mol. The minimum absolute atomic E-state index is 0. The van der Waals surface area contributed by atoms with E-state index in [1.165, 1.54) is 241 Å². The number of unbranched alkanes of at least 4 members (excludes halogenated alkanes) is 19. The fourth-order valence-corrected chi connectivity index (χ4v) is 15.2. The Bertz CT molecular complexity index is 2440. The molecule has 0 aromatic carbocycles. The zero-order valence-corrected chi connectivity index (χ0v) is 77.9. The van der Waals surface area contributed by atoms with E-state index in [0.29, 0.717) is 13.0 Å². The van der Waals surface area contributed by atoms with Gasteiger partial charge in [0.1, 0.15) is 12.4 Å². The first-order valence-electron chi connectivity index (χ1n) is 47.5. The van der Waals surface area contributed by atoms with Crippen LogP contribution in [0.15, 0.2) is 109 Å². The van der Waals surface area contributed by atoms with Gasteiger partial charge in [-0.2, -0.15) is 0 Å². The first-order chi connectivity index (χ1) is 55.2. The van der Waals surface area contributed by atoms with Gasteiger partial charge in [-0.1, -0.05) is 357 Å². The van der Waals surface area contributed by atoms with Crippen LogP contribution in [0.5, 0.6) is 0 Å². The van der Waals surface area contributed by atoms with Gasteiger partial charge in [0.05, 0.1) is 24.4 Å². The van der Waals surface area contributed by atoms with Crippen LogP contribution < -0.4 is 0 Å². The summed E-state index contributed by atoms with van der Waals surface area (Å²) in [6, 6.07) is 0. The average Bonchev–Trinajstić information content (AvgIpc) is 1.74. The summed E-state index contributed by atoms with van der Waals surface area (Å²) in [4.78, 5) is 20.7.